The van der Waals surface area contributed by atoms with Crippen molar-refractivity contribution in [1.82, 2.24) is 9.97 Å². The van der Waals surface area contributed by atoms with Gasteiger partial charge in [0.05, 0.1) is 18.2 Å². The molecule has 0 unspecified atom stereocenters. The largest absolute Gasteiger partial charge is 0.389 e. The fourth-order valence-corrected chi connectivity index (χ4v) is 2.73. The molecule has 0 aliphatic carbocycles. The fraction of sp³-hybridized carbons (Fsp3) is 0.0909. The molecule has 0 bridgehead atoms. The van der Waals surface area contributed by atoms with Gasteiger partial charge in [-0.25, -0.2) is 4.98 Å². The second kappa shape index (κ2) is 4.98. The fourth-order valence-electron chi connectivity index (χ4n) is 1.53. The van der Waals surface area contributed by atoms with Gasteiger partial charge in [-0.15, -0.1) is 0 Å². The average molecular weight is 296 g/mol. The summed E-state index contributed by atoms with van der Waals surface area (Å²) < 4.78 is 25.7. The second-order valence-electron chi connectivity index (χ2n) is 3.80. The number of imidazole rings is 1. The lowest BCUT2D eigenvalue weighted by molar-refractivity contribution is 0.591. The molecule has 0 aliphatic rings. The summed E-state index contributed by atoms with van der Waals surface area (Å²) in [5, 5.41) is 0.0238. The van der Waals surface area contributed by atoms with Gasteiger partial charge in [-0.3, -0.25) is 4.31 Å². The number of nitrogens with zero attached hydrogens (tertiary/aromatic N) is 2. The summed E-state index contributed by atoms with van der Waals surface area (Å²) in [6.07, 6.45) is 2.56. The molecule has 19 heavy (non-hydrogen) atoms. The van der Waals surface area contributed by atoms with Gasteiger partial charge in [-0.2, -0.15) is 8.42 Å². The van der Waals surface area contributed by atoms with Crippen LogP contribution in [0.25, 0.3) is 0 Å². The van der Waals surface area contributed by atoms with E-state index in [4.69, 9.17) is 18.0 Å². The first-order valence-corrected chi connectivity index (χ1v) is 7.15. The molecule has 0 atom stereocenters. The van der Waals surface area contributed by atoms with Crippen LogP contribution in [-0.4, -0.2) is 30.4 Å². The van der Waals surface area contributed by atoms with E-state index in [1.165, 1.54) is 19.6 Å². The summed E-state index contributed by atoms with van der Waals surface area (Å²) in [5.74, 6) is 0. The maximum Gasteiger partial charge on any atom is 0.281 e. The van der Waals surface area contributed by atoms with Crippen molar-refractivity contribution in [1.29, 1.82) is 0 Å². The first-order chi connectivity index (χ1) is 8.93. The number of sulfonamides is 1. The summed E-state index contributed by atoms with van der Waals surface area (Å²) in [4.78, 5) is 6.50. The van der Waals surface area contributed by atoms with Crippen LogP contribution < -0.4 is 10.0 Å². The predicted molar refractivity (Wildman–Crippen MR) is 76.5 cm³/mol. The van der Waals surface area contributed by atoms with E-state index in [9.17, 15) is 8.42 Å². The minimum atomic E-state index is -3.66. The molecule has 3 N–H and O–H groups in total. The molecule has 8 heteroatoms. The Morgan fingerprint density at radius 2 is 2.21 bits per heavy atom. The van der Waals surface area contributed by atoms with E-state index in [0.717, 1.165) is 4.31 Å². The van der Waals surface area contributed by atoms with Gasteiger partial charge in [0, 0.05) is 12.6 Å². The third-order valence-corrected chi connectivity index (χ3v) is 4.55. The monoisotopic (exact) mass is 296 g/mol. The number of nitrogens with two attached hydrogens (primary N) is 1. The Kier molecular flexibility index (Phi) is 3.54. The molecule has 1 heterocycles. The first-order valence-electron chi connectivity index (χ1n) is 5.30. The van der Waals surface area contributed by atoms with Crippen molar-refractivity contribution >= 4 is 32.9 Å². The normalized spacial score (nSPS) is 11.2. The van der Waals surface area contributed by atoms with E-state index in [2.05, 4.69) is 9.97 Å². The molecule has 0 spiro atoms. The van der Waals surface area contributed by atoms with E-state index in [1.807, 2.05) is 0 Å². The van der Waals surface area contributed by atoms with E-state index >= 15 is 0 Å². The quantitative estimate of drug-likeness (QED) is 0.817. The van der Waals surface area contributed by atoms with Crippen LogP contribution >= 0.6 is 12.2 Å². The molecular formula is C11H12N4O2S2. The number of thiocarbonyl (C=S) groups is 1. The van der Waals surface area contributed by atoms with Crippen LogP contribution in [0.2, 0.25) is 0 Å². The number of rotatable bonds is 4. The molecule has 0 saturated carbocycles. The molecule has 6 nitrogen and oxygen atoms in total. The number of H-pyrrole nitrogens is 1. The van der Waals surface area contributed by atoms with E-state index in [0.29, 0.717) is 11.3 Å². The molecular weight excluding hydrogens is 284 g/mol. The van der Waals surface area contributed by atoms with E-state index in [1.54, 1.807) is 24.3 Å². The number of aromatic nitrogens is 2. The Morgan fingerprint density at radius 1 is 1.47 bits per heavy atom. The van der Waals surface area contributed by atoms with Gasteiger partial charge >= 0.3 is 0 Å². The minimum Gasteiger partial charge on any atom is -0.389 e. The van der Waals surface area contributed by atoms with Gasteiger partial charge in [0.1, 0.15) is 4.99 Å². The molecule has 0 saturated heterocycles. The Bertz CT molecular complexity index is 695. The molecule has 0 radical (unpaired) electrons. The summed E-state index contributed by atoms with van der Waals surface area (Å²) >= 11 is 4.87. The highest BCUT2D eigenvalue weighted by Crippen LogP contribution is 2.21. The summed E-state index contributed by atoms with van der Waals surface area (Å²) in [6, 6.07) is 6.71. The third kappa shape index (κ3) is 2.59. The number of hydrogen-bond donors (Lipinski definition) is 2. The van der Waals surface area contributed by atoms with Crippen LogP contribution in [0.15, 0.2) is 41.8 Å². The van der Waals surface area contributed by atoms with Crippen LogP contribution in [0.1, 0.15) is 5.56 Å². The highest BCUT2D eigenvalue weighted by molar-refractivity contribution is 7.92. The lowest BCUT2D eigenvalue weighted by Crippen LogP contribution is -2.27. The van der Waals surface area contributed by atoms with Crippen molar-refractivity contribution in [2.24, 2.45) is 5.73 Å². The zero-order valence-corrected chi connectivity index (χ0v) is 11.7. The number of benzene rings is 1. The Morgan fingerprint density at radius 3 is 2.79 bits per heavy atom. The first kappa shape index (κ1) is 13.5. The van der Waals surface area contributed by atoms with Crippen molar-refractivity contribution in [2.75, 3.05) is 11.4 Å². The number of anilines is 1. The molecule has 0 fully saturated rings. The van der Waals surface area contributed by atoms with Crippen LogP contribution in [0, 0.1) is 0 Å². The van der Waals surface area contributed by atoms with Gasteiger partial charge < -0.3 is 10.7 Å². The van der Waals surface area contributed by atoms with Gasteiger partial charge in [0.2, 0.25) is 0 Å². The van der Waals surface area contributed by atoms with E-state index in [-0.39, 0.29) is 10.0 Å². The zero-order valence-electron chi connectivity index (χ0n) is 10.1. The van der Waals surface area contributed by atoms with Gasteiger partial charge in [0.25, 0.3) is 10.0 Å². The maximum absolute atomic E-state index is 12.3. The lowest BCUT2D eigenvalue weighted by Gasteiger charge is -2.18. The highest BCUT2D eigenvalue weighted by Gasteiger charge is 2.22. The topological polar surface area (TPSA) is 92.1 Å². The third-order valence-electron chi connectivity index (χ3n) is 2.61. The second-order valence-corrected chi connectivity index (χ2v) is 6.18. The Labute approximate surface area is 116 Å². The molecule has 0 aliphatic heterocycles. The molecule has 0 amide bonds. The average Bonchev–Trinajstić information content (AvgIpc) is 2.92. The molecule has 1 aromatic heterocycles. The van der Waals surface area contributed by atoms with Crippen molar-refractivity contribution in [2.45, 2.75) is 5.03 Å². The summed E-state index contributed by atoms with van der Waals surface area (Å²) in [5.41, 5.74) is 6.62. The number of aromatic amines is 1. The van der Waals surface area contributed by atoms with Crippen molar-refractivity contribution in [3.63, 3.8) is 0 Å². The van der Waals surface area contributed by atoms with Crippen LogP contribution in [-0.2, 0) is 10.0 Å². The summed E-state index contributed by atoms with van der Waals surface area (Å²) in [6.45, 7) is 0. The van der Waals surface area contributed by atoms with Gasteiger partial charge in [-0.1, -0.05) is 24.4 Å². The molecule has 2 rings (SSSR count). The van der Waals surface area contributed by atoms with Crippen molar-refractivity contribution < 1.29 is 8.42 Å². The standard InChI is InChI=1S/C11H12N4O2S2/c1-15(19(16,17)10-6-13-7-14-10)9-4-2-3-8(5-9)11(12)18/h2-7H,1H3,(H2,12,18)(H,13,14). The molecule has 100 valence electrons. The van der Waals surface area contributed by atoms with Crippen LogP contribution in [0.3, 0.4) is 0 Å². The van der Waals surface area contributed by atoms with Crippen molar-refractivity contribution in [3.8, 4) is 0 Å². The number of hydrogen-bond acceptors (Lipinski definition) is 4. The highest BCUT2D eigenvalue weighted by atomic mass is 32.2. The van der Waals surface area contributed by atoms with E-state index < -0.39 is 10.0 Å². The lowest BCUT2D eigenvalue weighted by atomic mass is 10.2. The minimum absolute atomic E-state index is 0.0238. The zero-order chi connectivity index (χ0) is 14.0. The van der Waals surface area contributed by atoms with Gasteiger partial charge in [0.15, 0.2) is 5.03 Å². The Balaban J connectivity index is 2.42. The number of nitrogens with one attached hydrogen (secondary N) is 1. The smallest absolute Gasteiger partial charge is 0.281 e. The maximum atomic E-state index is 12.3. The van der Waals surface area contributed by atoms with Gasteiger partial charge in [-0.05, 0) is 12.1 Å². The Hall–Kier alpha value is -1.93. The molecule has 1 aromatic carbocycles. The van der Waals surface area contributed by atoms with Crippen LogP contribution in [0.4, 0.5) is 5.69 Å². The predicted octanol–water partition coefficient (Wildman–Crippen LogP) is 0.869. The van der Waals surface area contributed by atoms with Crippen molar-refractivity contribution in [3.05, 3.63) is 42.4 Å². The van der Waals surface area contributed by atoms with Crippen LogP contribution in [0.5, 0.6) is 0 Å². The summed E-state index contributed by atoms with van der Waals surface area (Å²) in [7, 11) is -2.21. The SMILES string of the molecule is CN(c1cccc(C(N)=S)c1)S(=O)(=O)c1cnc[nH]1. The molecule has 2 aromatic rings.